The number of carbonyl (C=O) groups is 4. The van der Waals surface area contributed by atoms with Crippen LogP contribution >= 0.6 is 0 Å². The van der Waals surface area contributed by atoms with Crippen LogP contribution in [0.15, 0.2) is 77.9 Å². The summed E-state index contributed by atoms with van der Waals surface area (Å²) in [6.45, 7) is 8.11. The first-order chi connectivity index (χ1) is 23.3. The van der Waals surface area contributed by atoms with Gasteiger partial charge in [-0.3, -0.25) is 14.4 Å². The number of ketones is 1. The molecule has 3 aliphatic carbocycles. The molecular formula is C38H46N2O9. The molecule has 6 N–H and O–H groups in total. The molecule has 0 unspecified atom stereocenters. The van der Waals surface area contributed by atoms with Gasteiger partial charge in [0.1, 0.15) is 5.41 Å². The van der Waals surface area contributed by atoms with Crippen molar-refractivity contribution in [1.82, 2.24) is 5.32 Å². The molecule has 1 saturated heterocycles. The summed E-state index contributed by atoms with van der Waals surface area (Å²) in [5.74, 6) is -5.73. The second-order valence-electron chi connectivity index (χ2n) is 14.4. The monoisotopic (exact) mass is 674 g/mol. The molecule has 2 saturated carbocycles. The maximum Gasteiger partial charge on any atom is 0.331 e. The maximum atomic E-state index is 14.3. The molecule has 3 fully saturated rings. The van der Waals surface area contributed by atoms with E-state index in [-0.39, 0.29) is 29.3 Å². The number of methoxy groups -OCH3 is 1. The Balaban J connectivity index is 1.48. The van der Waals surface area contributed by atoms with Crippen molar-refractivity contribution < 1.29 is 44.0 Å². The number of primary amides is 1. The molecule has 0 aromatic heterocycles. The number of esters is 1. The highest BCUT2D eigenvalue weighted by Gasteiger charge is 2.74. The number of nitrogens with two attached hydrogens (primary N) is 1. The lowest BCUT2D eigenvalue weighted by Crippen LogP contribution is -2.70. The predicted octanol–water partition coefficient (Wildman–Crippen LogP) is 1.85. The molecule has 2 aliphatic heterocycles. The molecule has 1 aromatic rings. The molecule has 262 valence electrons. The fourth-order valence-electron chi connectivity index (χ4n) is 9.40. The molecule has 49 heavy (non-hydrogen) atoms. The lowest BCUT2D eigenvalue weighted by Gasteiger charge is -2.53. The van der Waals surface area contributed by atoms with Crippen LogP contribution in [0.25, 0.3) is 0 Å². The summed E-state index contributed by atoms with van der Waals surface area (Å²) in [5.41, 5.74) is 3.75. The number of carbonyl (C=O) groups excluding carboxylic acids is 4. The summed E-state index contributed by atoms with van der Waals surface area (Å²) in [6, 6.07) is 9.17. The lowest BCUT2D eigenvalue weighted by atomic mass is 9.54. The number of Topliss-reactive ketones (excluding diaryl/α,β-unsaturated/α-hetero) is 1. The van der Waals surface area contributed by atoms with Crippen molar-refractivity contribution in [2.24, 2.45) is 40.7 Å². The molecule has 2 amide bonds. The van der Waals surface area contributed by atoms with E-state index in [9.17, 15) is 34.5 Å². The Kier molecular flexibility index (Phi) is 9.34. The van der Waals surface area contributed by atoms with Crippen LogP contribution in [0.3, 0.4) is 0 Å². The molecule has 5 aliphatic rings. The van der Waals surface area contributed by atoms with Crippen molar-refractivity contribution in [3.8, 4) is 0 Å². The molecule has 2 heterocycles. The van der Waals surface area contributed by atoms with Crippen LogP contribution in [0, 0.1) is 35.0 Å². The Labute approximate surface area is 285 Å². The van der Waals surface area contributed by atoms with Gasteiger partial charge in [0.2, 0.25) is 11.5 Å². The van der Waals surface area contributed by atoms with Crippen molar-refractivity contribution in [1.29, 1.82) is 0 Å². The van der Waals surface area contributed by atoms with E-state index in [1.54, 1.807) is 6.08 Å². The van der Waals surface area contributed by atoms with Gasteiger partial charge in [-0.25, -0.2) is 4.79 Å². The second kappa shape index (κ2) is 13.1. The van der Waals surface area contributed by atoms with Crippen molar-refractivity contribution >= 4 is 23.6 Å². The highest BCUT2D eigenvalue weighted by molar-refractivity contribution is 6.03. The molecule has 1 spiro atoms. The van der Waals surface area contributed by atoms with Gasteiger partial charge in [0, 0.05) is 43.1 Å². The van der Waals surface area contributed by atoms with E-state index in [4.69, 9.17) is 15.2 Å². The number of rotatable bonds is 4. The Hall–Kier alpha value is -3.90. The van der Waals surface area contributed by atoms with Gasteiger partial charge in [0.05, 0.1) is 30.3 Å². The third-order valence-corrected chi connectivity index (χ3v) is 11.9. The number of ether oxygens (including phenoxy) is 2. The fraction of sp³-hybridized carbons (Fsp3) is 0.526. The van der Waals surface area contributed by atoms with Crippen LogP contribution < -0.4 is 11.1 Å². The van der Waals surface area contributed by atoms with Crippen LogP contribution in [-0.2, 0) is 35.1 Å². The van der Waals surface area contributed by atoms with Crippen LogP contribution in [0.4, 0.5) is 0 Å². The summed E-state index contributed by atoms with van der Waals surface area (Å²) in [6.07, 6.45) is 2.89. The van der Waals surface area contributed by atoms with Crippen LogP contribution in [0.1, 0.15) is 45.1 Å². The number of amides is 2. The largest absolute Gasteiger partial charge is 0.445 e. The standard InChI is InChI=1S/C38H46N2O9/c1-19-10-8-14-24-31(43)21(3)20(2)29-25(18-22-12-6-5-7-13-22)40-36(47)38(24,29)49-27(42)17-16-23-28(26(41)15-9-11-19)33(48-4)30-32(44)34(45)37(23,30)35(39)46/h5-8,12-14,16-17,19-20,24-25,29-34,43-45H,3,9-11,15,18H2,1-2,4H3,(H2,39,46)(H,40,47)/b14-8+,17-16-/t19-,20+,24-,25-,29-,30+,31+,32+,33+,34-,37+,38+/m0/s1. The van der Waals surface area contributed by atoms with Crippen molar-refractivity contribution in [2.45, 2.75) is 82.0 Å². The zero-order valence-electron chi connectivity index (χ0n) is 28.1. The molecule has 0 bridgehead atoms. The summed E-state index contributed by atoms with van der Waals surface area (Å²) in [5, 5.41) is 36.5. The zero-order chi connectivity index (χ0) is 35.4. The van der Waals surface area contributed by atoms with Crippen LogP contribution in [-0.4, -0.2) is 82.1 Å². The summed E-state index contributed by atoms with van der Waals surface area (Å²) >= 11 is 0. The summed E-state index contributed by atoms with van der Waals surface area (Å²) in [4.78, 5) is 55.2. The third-order valence-electron chi connectivity index (χ3n) is 11.9. The van der Waals surface area contributed by atoms with Crippen molar-refractivity contribution in [2.75, 3.05) is 7.11 Å². The van der Waals surface area contributed by atoms with E-state index in [0.717, 1.165) is 11.6 Å². The molecular weight excluding hydrogens is 628 g/mol. The molecule has 1 aromatic carbocycles. The summed E-state index contributed by atoms with van der Waals surface area (Å²) in [7, 11) is 1.34. The average molecular weight is 675 g/mol. The molecule has 0 radical (unpaired) electrons. The van der Waals surface area contributed by atoms with Gasteiger partial charge >= 0.3 is 5.97 Å². The quantitative estimate of drug-likeness (QED) is 0.235. The Morgan fingerprint density at radius 1 is 1.10 bits per heavy atom. The number of aliphatic hydroxyl groups is 3. The SMILES string of the molecule is C=C1[C@@H](C)[C@H]2[C@H](Cc3ccccc3)NC(=O)[C@]23OC(=O)/C=C\C2=C(C(=O)CCC[C@@H](C)C/C=C/[C@H]3[C@@H]1O)[C@@H](OC)[C@H]1[C@@H](O)[C@H](O)[C@@]21C(N)=O. The van der Waals surface area contributed by atoms with Crippen LogP contribution in [0.2, 0.25) is 0 Å². The van der Waals surface area contributed by atoms with Gasteiger partial charge in [-0.15, -0.1) is 0 Å². The normalized spacial score (nSPS) is 42.2. The molecule has 6 rings (SSSR count). The molecule has 12 atom stereocenters. The highest BCUT2D eigenvalue weighted by atomic mass is 16.6. The minimum atomic E-state index is -1.88. The van der Waals surface area contributed by atoms with Gasteiger partial charge in [0.25, 0.3) is 5.91 Å². The van der Waals surface area contributed by atoms with E-state index >= 15 is 0 Å². The fourth-order valence-corrected chi connectivity index (χ4v) is 9.40. The second-order valence-corrected chi connectivity index (χ2v) is 14.4. The van der Waals surface area contributed by atoms with E-state index in [1.807, 2.05) is 50.3 Å². The van der Waals surface area contributed by atoms with Crippen molar-refractivity contribution in [3.05, 3.63) is 83.5 Å². The van der Waals surface area contributed by atoms with Gasteiger partial charge < -0.3 is 35.8 Å². The maximum absolute atomic E-state index is 14.3. The number of hydrogen-bond donors (Lipinski definition) is 5. The molecule has 11 nitrogen and oxygen atoms in total. The van der Waals surface area contributed by atoms with Gasteiger partial charge in [0.15, 0.2) is 5.78 Å². The van der Waals surface area contributed by atoms with Crippen molar-refractivity contribution in [3.63, 3.8) is 0 Å². The Bertz CT molecular complexity index is 1630. The number of hydrogen-bond acceptors (Lipinski definition) is 9. The average Bonchev–Trinajstić information content (AvgIpc) is 3.50. The van der Waals surface area contributed by atoms with Gasteiger partial charge in [-0.05, 0) is 54.2 Å². The lowest BCUT2D eigenvalue weighted by molar-refractivity contribution is -0.213. The first-order valence-electron chi connectivity index (χ1n) is 17.1. The number of aliphatic hydroxyl groups excluding tert-OH is 3. The Morgan fingerprint density at radius 3 is 2.49 bits per heavy atom. The smallest absolute Gasteiger partial charge is 0.331 e. The number of benzene rings is 1. The number of fused-ring (bicyclic) bond motifs is 2. The molecule has 11 heteroatoms. The Morgan fingerprint density at radius 2 is 1.82 bits per heavy atom. The van der Waals surface area contributed by atoms with E-state index < -0.39 is 82.9 Å². The van der Waals surface area contributed by atoms with E-state index in [2.05, 4.69) is 11.9 Å². The topological polar surface area (TPSA) is 185 Å². The first kappa shape index (κ1) is 34.9. The number of allylic oxidation sites excluding steroid dienone is 2. The van der Waals surface area contributed by atoms with Gasteiger partial charge in [-0.1, -0.05) is 69.0 Å². The van der Waals surface area contributed by atoms with Crippen LogP contribution in [0.5, 0.6) is 0 Å². The third kappa shape index (κ3) is 5.24. The summed E-state index contributed by atoms with van der Waals surface area (Å²) < 4.78 is 11.9. The minimum absolute atomic E-state index is 0.00880. The van der Waals surface area contributed by atoms with E-state index in [1.165, 1.54) is 13.2 Å². The zero-order valence-corrected chi connectivity index (χ0v) is 28.1. The highest BCUT2D eigenvalue weighted by Crippen LogP contribution is 2.61. The number of nitrogens with one attached hydrogen (secondary N) is 1. The minimum Gasteiger partial charge on any atom is -0.445 e. The van der Waals surface area contributed by atoms with E-state index in [0.29, 0.717) is 31.3 Å². The first-order valence-corrected chi connectivity index (χ1v) is 17.1. The van der Waals surface area contributed by atoms with Gasteiger partial charge in [-0.2, -0.15) is 0 Å². The predicted molar refractivity (Wildman–Crippen MR) is 178 cm³/mol.